The molecular formula is C24H39NO4. The highest BCUT2D eigenvalue weighted by Gasteiger charge is 2.20. The first-order valence-electron chi connectivity index (χ1n) is 11.3. The van der Waals surface area contributed by atoms with Crippen LogP contribution in [0.15, 0.2) is 18.2 Å². The van der Waals surface area contributed by atoms with E-state index in [1.807, 2.05) is 13.8 Å². The molecule has 5 nitrogen and oxygen atoms in total. The van der Waals surface area contributed by atoms with E-state index in [-0.39, 0.29) is 23.4 Å². The molecule has 0 N–H and O–H groups in total. The number of carbonyl (C=O) groups excluding carboxylic acids is 2. The smallest absolute Gasteiger partial charge is 0.357 e. The molecule has 1 rings (SSSR count). The zero-order valence-electron chi connectivity index (χ0n) is 18.7. The summed E-state index contributed by atoms with van der Waals surface area (Å²) in [6.07, 6.45) is 11.1. The number of rotatable bonds is 15. The van der Waals surface area contributed by atoms with Crippen molar-refractivity contribution < 1.29 is 19.1 Å². The maximum Gasteiger partial charge on any atom is 0.357 e. The molecule has 0 radical (unpaired) electrons. The van der Waals surface area contributed by atoms with E-state index in [4.69, 9.17) is 9.47 Å². The molecule has 1 heterocycles. The van der Waals surface area contributed by atoms with Crippen LogP contribution < -0.4 is 0 Å². The molecule has 1 atom stereocenters. The molecule has 0 aliphatic heterocycles. The Morgan fingerprint density at radius 1 is 0.862 bits per heavy atom. The lowest BCUT2D eigenvalue weighted by atomic mass is 10.0. The monoisotopic (exact) mass is 405 g/mol. The Morgan fingerprint density at radius 3 is 2.03 bits per heavy atom. The van der Waals surface area contributed by atoms with Gasteiger partial charge in [-0.25, -0.2) is 14.6 Å². The van der Waals surface area contributed by atoms with Gasteiger partial charge in [0.1, 0.15) is 17.5 Å². The summed E-state index contributed by atoms with van der Waals surface area (Å²) < 4.78 is 10.9. The molecule has 0 spiro atoms. The number of hydrogen-bond donors (Lipinski definition) is 0. The van der Waals surface area contributed by atoms with Gasteiger partial charge in [-0.2, -0.15) is 0 Å². The quantitative estimate of drug-likeness (QED) is 0.251. The van der Waals surface area contributed by atoms with Crippen molar-refractivity contribution in [3.8, 4) is 0 Å². The fourth-order valence-electron chi connectivity index (χ4n) is 3.15. The molecule has 0 aromatic carbocycles. The molecule has 164 valence electrons. The Morgan fingerprint density at radius 2 is 1.45 bits per heavy atom. The molecular weight excluding hydrogens is 366 g/mol. The van der Waals surface area contributed by atoms with Crippen LogP contribution >= 0.6 is 0 Å². The number of hydrogen-bond acceptors (Lipinski definition) is 5. The van der Waals surface area contributed by atoms with Crippen LogP contribution in [-0.4, -0.2) is 29.6 Å². The molecule has 1 aromatic rings. The van der Waals surface area contributed by atoms with Gasteiger partial charge in [0.15, 0.2) is 0 Å². The van der Waals surface area contributed by atoms with Crippen LogP contribution in [0.4, 0.5) is 0 Å². The Balaban J connectivity index is 2.41. The van der Waals surface area contributed by atoms with Gasteiger partial charge in [0, 0.05) is 0 Å². The van der Waals surface area contributed by atoms with Crippen LogP contribution in [0.2, 0.25) is 0 Å². The van der Waals surface area contributed by atoms with Crippen LogP contribution in [0.25, 0.3) is 0 Å². The minimum atomic E-state index is -0.491. The first-order valence-corrected chi connectivity index (χ1v) is 11.3. The van der Waals surface area contributed by atoms with Crippen molar-refractivity contribution in [1.29, 1.82) is 0 Å². The largest absolute Gasteiger partial charge is 0.461 e. The van der Waals surface area contributed by atoms with Crippen molar-refractivity contribution in [2.75, 3.05) is 6.61 Å². The van der Waals surface area contributed by atoms with Gasteiger partial charge in [-0.15, -0.1) is 0 Å². The Labute approximate surface area is 176 Å². The van der Waals surface area contributed by atoms with Crippen LogP contribution in [0.3, 0.4) is 0 Å². The minimum absolute atomic E-state index is 0.146. The molecule has 1 aromatic heterocycles. The Bertz CT molecular complexity index is 600. The maximum atomic E-state index is 12.4. The first kappa shape index (κ1) is 25.1. The van der Waals surface area contributed by atoms with Gasteiger partial charge in [0.05, 0.1) is 6.61 Å². The van der Waals surface area contributed by atoms with E-state index >= 15 is 0 Å². The number of ether oxygens (including phenoxy) is 2. The number of aromatic nitrogens is 1. The highest BCUT2D eigenvalue weighted by molar-refractivity contribution is 5.91. The van der Waals surface area contributed by atoms with E-state index in [1.165, 1.54) is 38.5 Å². The predicted molar refractivity (Wildman–Crippen MR) is 116 cm³/mol. The number of pyridine rings is 1. The summed E-state index contributed by atoms with van der Waals surface area (Å²) in [6.45, 7) is 8.72. The number of esters is 2. The number of unbranched alkanes of at least 4 members (excludes halogenated alkanes) is 7. The average molecular weight is 406 g/mol. The first-order chi connectivity index (χ1) is 14.0. The van der Waals surface area contributed by atoms with E-state index in [1.54, 1.807) is 18.2 Å². The van der Waals surface area contributed by atoms with Gasteiger partial charge in [0.2, 0.25) is 0 Å². The second-order valence-electron chi connectivity index (χ2n) is 8.00. The van der Waals surface area contributed by atoms with Gasteiger partial charge in [-0.1, -0.05) is 85.1 Å². The van der Waals surface area contributed by atoms with Crippen molar-refractivity contribution in [3.05, 3.63) is 29.6 Å². The third-order valence-corrected chi connectivity index (χ3v) is 4.97. The van der Waals surface area contributed by atoms with Gasteiger partial charge in [-0.05, 0) is 30.9 Å². The van der Waals surface area contributed by atoms with Gasteiger partial charge in [-0.3, -0.25) is 0 Å². The fraction of sp³-hybridized carbons (Fsp3) is 0.708. The molecule has 0 bridgehead atoms. The summed E-state index contributed by atoms with van der Waals surface area (Å²) in [7, 11) is 0. The summed E-state index contributed by atoms with van der Waals surface area (Å²) in [5, 5.41) is 0. The lowest BCUT2D eigenvalue weighted by Crippen LogP contribution is -2.24. The number of carbonyl (C=O) groups is 2. The predicted octanol–water partition coefficient (Wildman–Crippen LogP) is 6.36. The van der Waals surface area contributed by atoms with Gasteiger partial charge < -0.3 is 9.47 Å². The van der Waals surface area contributed by atoms with Crippen LogP contribution in [0, 0.1) is 5.92 Å². The van der Waals surface area contributed by atoms with Gasteiger partial charge in [0.25, 0.3) is 0 Å². The fourth-order valence-corrected chi connectivity index (χ4v) is 3.15. The molecule has 0 fully saturated rings. The molecule has 0 saturated carbocycles. The van der Waals surface area contributed by atoms with Crippen molar-refractivity contribution >= 4 is 11.9 Å². The van der Waals surface area contributed by atoms with E-state index in [2.05, 4.69) is 18.8 Å². The highest BCUT2D eigenvalue weighted by atomic mass is 16.5. The highest BCUT2D eigenvalue weighted by Crippen LogP contribution is 2.15. The molecule has 0 amide bonds. The molecule has 1 unspecified atom stereocenters. The SMILES string of the molecule is CCCCCCCCCCOC(=O)c1cccc(C(=O)OC(CCC)C(C)C)n1. The summed E-state index contributed by atoms with van der Waals surface area (Å²) in [5.74, 6) is -0.745. The van der Waals surface area contributed by atoms with E-state index in [0.717, 1.165) is 25.7 Å². The van der Waals surface area contributed by atoms with Crippen molar-refractivity contribution in [2.45, 2.75) is 98.0 Å². The molecule has 5 heteroatoms. The Hall–Kier alpha value is -1.91. The summed E-state index contributed by atoms with van der Waals surface area (Å²) in [4.78, 5) is 28.8. The van der Waals surface area contributed by atoms with E-state index < -0.39 is 11.9 Å². The Kier molecular flexibility index (Phi) is 13.0. The lowest BCUT2D eigenvalue weighted by molar-refractivity contribution is 0.0150. The standard InChI is InChI=1S/C24H39NO4/c1-5-7-8-9-10-11-12-13-18-28-23(26)20-16-14-17-21(25-20)24(27)29-22(15-6-2)19(3)4/h14,16-17,19,22H,5-13,15,18H2,1-4H3. The molecule has 29 heavy (non-hydrogen) atoms. The van der Waals surface area contributed by atoms with Crippen LogP contribution in [-0.2, 0) is 9.47 Å². The van der Waals surface area contributed by atoms with E-state index in [9.17, 15) is 9.59 Å². The topological polar surface area (TPSA) is 65.5 Å². The van der Waals surface area contributed by atoms with Crippen LogP contribution in [0.5, 0.6) is 0 Å². The third kappa shape index (κ3) is 10.4. The maximum absolute atomic E-state index is 12.4. The normalized spacial score (nSPS) is 12.0. The lowest BCUT2D eigenvalue weighted by Gasteiger charge is -2.20. The van der Waals surface area contributed by atoms with E-state index in [0.29, 0.717) is 6.61 Å². The number of nitrogens with zero attached hydrogens (tertiary/aromatic N) is 1. The zero-order chi connectivity index (χ0) is 21.5. The minimum Gasteiger partial charge on any atom is -0.461 e. The van der Waals surface area contributed by atoms with Crippen molar-refractivity contribution in [3.63, 3.8) is 0 Å². The molecule has 0 aliphatic rings. The van der Waals surface area contributed by atoms with Gasteiger partial charge >= 0.3 is 11.9 Å². The van der Waals surface area contributed by atoms with Crippen molar-refractivity contribution in [1.82, 2.24) is 4.98 Å². The zero-order valence-corrected chi connectivity index (χ0v) is 18.7. The third-order valence-electron chi connectivity index (χ3n) is 4.97. The summed E-state index contributed by atoms with van der Waals surface area (Å²) in [5.41, 5.74) is 0.295. The molecule has 0 aliphatic carbocycles. The van der Waals surface area contributed by atoms with Crippen LogP contribution in [0.1, 0.15) is 113 Å². The summed E-state index contributed by atoms with van der Waals surface area (Å²) in [6, 6.07) is 4.78. The second kappa shape index (κ2) is 15.0. The molecule has 0 saturated heterocycles. The second-order valence-corrected chi connectivity index (χ2v) is 8.00. The summed E-state index contributed by atoms with van der Waals surface area (Å²) >= 11 is 0. The average Bonchev–Trinajstić information content (AvgIpc) is 2.72. The van der Waals surface area contributed by atoms with Crippen molar-refractivity contribution in [2.24, 2.45) is 5.92 Å².